The van der Waals surface area contributed by atoms with Crippen LogP contribution in [0.2, 0.25) is 0 Å². The molecule has 1 aliphatic heterocycles. The highest BCUT2D eigenvalue weighted by Gasteiger charge is 2.40. The number of aromatic nitrogens is 3. The third-order valence-corrected chi connectivity index (χ3v) is 6.25. The molecule has 0 spiro atoms. The van der Waals surface area contributed by atoms with Crippen LogP contribution in [-0.4, -0.2) is 39.7 Å². The molecule has 0 aromatic carbocycles. The molecule has 0 saturated heterocycles. The molecule has 1 aliphatic rings. The zero-order valence-electron chi connectivity index (χ0n) is 18.6. The van der Waals surface area contributed by atoms with Crippen LogP contribution < -0.4 is 20.5 Å². The number of nitrogens with two attached hydrogens (primary N) is 1. The molecule has 10 heteroatoms. The Kier molecular flexibility index (Phi) is 6.69. The molecule has 9 nitrogen and oxygen atoms in total. The molecule has 34 heavy (non-hydrogen) atoms. The minimum atomic E-state index is -0.920. The summed E-state index contributed by atoms with van der Waals surface area (Å²) in [5.74, 6) is -2.40. The van der Waals surface area contributed by atoms with Gasteiger partial charge < -0.3 is 15.2 Å². The fraction of sp³-hybridized carbons (Fsp3) is 0.208. The smallest absolute Gasteiger partial charge is 0.338 e. The molecule has 3 aromatic heterocycles. The molecule has 0 fully saturated rings. The summed E-state index contributed by atoms with van der Waals surface area (Å²) >= 11 is 1.09. The Balaban J connectivity index is 2.11. The van der Waals surface area contributed by atoms with Crippen molar-refractivity contribution in [3.05, 3.63) is 85.3 Å². The van der Waals surface area contributed by atoms with E-state index < -0.39 is 23.4 Å². The second-order valence-electron chi connectivity index (χ2n) is 7.22. The lowest BCUT2D eigenvalue weighted by molar-refractivity contribution is -0.138. The van der Waals surface area contributed by atoms with Gasteiger partial charge in [-0.2, -0.15) is 0 Å². The summed E-state index contributed by atoms with van der Waals surface area (Å²) in [6.45, 7) is 3.55. The molecule has 1 atom stereocenters. The normalized spacial score (nSPS) is 15.8. The summed E-state index contributed by atoms with van der Waals surface area (Å²) in [6.07, 6.45) is 8.02. The van der Waals surface area contributed by atoms with E-state index in [0.29, 0.717) is 15.7 Å². The van der Waals surface area contributed by atoms with E-state index in [1.54, 1.807) is 69.0 Å². The number of rotatable bonds is 6. The van der Waals surface area contributed by atoms with E-state index in [2.05, 4.69) is 9.97 Å². The van der Waals surface area contributed by atoms with Gasteiger partial charge >= 0.3 is 11.9 Å². The molecular formula is C24H22N4O5S. The minimum Gasteiger partial charge on any atom is -0.463 e. The first-order chi connectivity index (χ1) is 16.5. The number of carbonyl (C=O) groups is 2. The van der Waals surface area contributed by atoms with Crippen molar-refractivity contribution in [1.29, 1.82) is 0 Å². The van der Waals surface area contributed by atoms with E-state index in [4.69, 9.17) is 15.2 Å². The highest BCUT2D eigenvalue weighted by atomic mass is 32.1. The van der Waals surface area contributed by atoms with Gasteiger partial charge in [-0.1, -0.05) is 12.1 Å². The molecule has 4 heterocycles. The van der Waals surface area contributed by atoms with E-state index in [1.165, 1.54) is 4.57 Å². The predicted molar refractivity (Wildman–Crippen MR) is 127 cm³/mol. The van der Waals surface area contributed by atoms with Crippen LogP contribution in [0.5, 0.6) is 0 Å². The van der Waals surface area contributed by atoms with Crippen LogP contribution in [0.15, 0.2) is 59.4 Å². The quantitative estimate of drug-likeness (QED) is 0.514. The van der Waals surface area contributed by atoms with E-state index in [-0.39, 0.29) is 34.8 Å². The molecule has 0 aliphatic carbocycles. The molecule has 0 radical (unpaired) electrons. The van der Waals surface area contributed by atoms with Crippen LogP contribution in [0.4, 0.5) is 0 Å². The summed E-state index contributed by atoms with van der Waals surface area (Å²) in [5, 5.41) is 0. The molecule has 2 N–H and O–H groups in total. The zero-order chi connectivity index (χ0) is 24.2. The number of thiazole rings is 1. The van der Waals surface area contributed by atoms with Gasteiger partial charge in [0.05, 0.1) is 34.8 Å². The van der Waals surface area contributed by atoms with Crippen molar-refractivity contribution in [2.24, 2.45) is 5.73 Å². The molecule has 4 rings (SSSR count). The Morgan fingerprint density at radius 2 is 1.71 bits per heavy atom. The van der Waals surface area contributed by atoms with E-state index in [9.17, 15) is 14.4 Å². The molecule has 174 valence electrons. The van der Waals surface area contributed by atoms with E-state index >= 15 is 0 Å². The van der Waals surface area contributed by atoms with Gasteiger partial charge in [0.25, 0.3) is 5.56 Å². The SMILES string of the molecule is CCOC(=O)C1=C(N)n2c(s/c(=C/c3cccnc3)c2=O)=C(C(=O)OCC)[C@H]1c1cccnc1. The average Bonchev–Trinajstić information content (AvgIpc) is 3.16. The standard InChI is InChI=1S/C24H22N4O5S/c1-3-32-23(30)18-17(15-8-6-10-27-13-15)19(24(31)33-4-2)22-28(20(18)25)21(29)16(34-22)11-14-7-5-9-26-12-14/h5-13,17H,3-4,25H2,1-2H3/b16-11+/t17-/m0/s1. The monoisotopic (exact) mass is 478 g/mol. The Labute approximate surface area is 198 Å². The van der Waals surface area contributed by atoms with Crippen molar-refractivity contribution in [2.45, 2.75) is 19.8 Å². The maximum atomic E-state index is 13.4. The summed E-state index contributed by atoms with van der Waals surface area (Å²) in [4.78, 5) is 47.9. The van der Waals surface area contributed by atoms with Crippen LogP contribution in [0.25, 0.3) is 17.5 Å². The molecule has 0 bridgehead atoms. The number of carbonyl (C=O) groups excluding carboxylic acids is 2. The highest BCUT2D eigenvalue weighted by Crippen LogP contribution is 2.37. The average molecular weight is 479 g/mol. The lowest BCUT2D eigenvalue weighted by Gasteiger charge is -2.26. The van der Waals surface area contributed by atoms with Gasteiger partial charge in [0.2, 0.25) is 0 Å². The topological polar surface area (TPSA) is 126 Å². The van der Waals surface area contributed by atoms with Gasteiger partial charge in [-0.15, -0.1) is 11.3 Å². The van der Waals surface area contributed by atoms with Gasteiger partial charge in [0.1, 0.15) is 10.5 Å². The lowest BCUT2D eigenvalue weighted by Crippen LogP contribution is -2.42. The van der Waals surface area contributed by atoms with Crippen molar-refractivity contribution in [1.82, 2.24) is 14.5 Å². The number of hydrogen-bond donors (Lipinski definition) is 1. The molecule has 3 aromatic rings. The fourth-order valence-corrected chi connectivity index (χ4v) is 4.92. The van der Waals surface area contributed by atoms with E-state index in [1.807, 2.05) is 0 Å². The van der Waals surface area contributed by atoms with Gasteiger partial charge in [-0.3, -0.25) is 19.3 Å². The van der Waals surface area contributed by atoms with Crippen LogP contribution in [0.1, 0.15) is 30.9 Å². The highest BCUT2D eigenvalue weighted by molar-refractivity contribution is 7.07. The largest absolute Gasteiger partial charge is 0.463 e. The number of esters is 2. The molecule has 0 amide bonds. The number of pyridine rings is 2. The fourth-order valence-electron chi connectivity index (χ4n) is 3.76. The van der Waals surface area contributed by atoms with Crippen molar-refractivity contribution >= 4 is 40.7 Å². The van der Waals surface area contributed by atoms with Gasteiger partial charge in [-0.05, 0) is 43.2 Å². The van der Waals surface area contributed by atoms with Crippen LogP contribution >= 0.6 is 11.3 Å². The maximum absolute atomic E-state index is 13.4. The number of fused-ring (bicyclic) bond motifs is 1. The Morgan fingerprint density at radius 3 is 2.29 bits per heavy atom. The summed E-state index contributed by atoms with van der Waals surface area (Å²) in [7, 11) is 0. The first kappa shape index (κ1) is 23.1. The molecule has 0 unspecified atom stereocenters. The summed E-state index contributed by atoms with van der Waals surface area (Å²) in [6, 6.07) is 6.97. The van der Waals surface area contributed by atoms with Gasteiger partial charge in [0.15, 0.2) is 0 Å². The van der Waals surface area contributed by atoms with Crippen molar-refractivity contribution in [3.8, 4) is 0 Å². The van der Waals surface area contributed by atoms with Crippen molar-refractivity contribution < 1.29 is 19.1 Å². The number of nitrogens with zero attached hydrogens (tertiary/aromatic N) is 3. The second kappa shape index (κ2) is 9.84. The van der Waals surface area contributed by atoms with Crippen LogP contribution in [-0.2, 0) is 19.1 Å². The minimum absolute atomic E-state index is 0.0155. The Morgan fingerprint density at radius 1 is 1.06 bits per heavy atom. The Hall–Kier alpha value is -4.05. The Bertz CT molecular complexity index is 1440. The van der Waals surface area contributed by atoms with Crippen LogP contribution in [0, 0.1) is 0 Å². The molecular weight excluding hydrogens is 456 g/mol. The summed E-state index contributed by atoms with van der Waals surface area (Å²) in [5.41, 5.74) is 7.32. The van der Waals surface area contributed by atoms with E-state index in [0.717, 1.165) is 11.3 Å². The van der Waals surface area contributed by atoms with Gasteiger partial charge in [0, 0.05) is 24.8 Å². The number of hydrogen-bond acceptors (Lipinski definition) is 9. The maximum Gasteiger partial charge on any atom is 0.338 e. The van der Waals surface area contributed by atoms with Crippen LogP contribution in [0.3, 0.4) is 0 Å². The third-order valence-electron chi connectivity index (χ3n) is 5.14. The predicted octanol–water partition coefficient (Wildman–Crippen LogP) is 0.730. The summed E-state index contributed by atoms with van der Waals surface area (Å²) < 4.78 is 12.4. The van der Waals surface area contributed by atoms with Crippen molar-refractivity contribution in [3.63, 3.8) is 0 Å². The first-order valence-corrected chi connectivity index (χ1v) is 11.4. The lowest BCUT2D eigenvalue weighted by atomic mass is 9.84. The zero-order valence-corrected chi connectivity index (χ0v) is 19.4. The second-order valence-corrected chi connectivity index (χ2v) is 8.25. The van der Waals surface area contributed by atoms with Gasteiger partial charge in [-0.25, -0.2) is 9.59 Å². The number of ether oxygens (including phenoxy) is 2. The molecule has 0 saturated carbocycles. The van der Waals surface area contributed by atoms with Crippen molar-refractivity contribution in [2.75, 3.05) is 13.2 Å². The first-order valence-electron chi connectivity index (χ1n) is 10.6. The third kappa shape index (κ3) is 4.15.